The second kappa shape index (κ2) is 10.2. The van der Waals surface area contributed by atoms with E-state index >= 15 is 4.39 Å². The Kier molecular flexibility index (Phi) is 7.10. The quantitative estimate of drug-likeness (QED) is 0.639. The van der Waals surface area contributed by atoms with Crippen molar-refractivity contribution in [3.8, 4) is 0 Å². The number of cyclic esters (lactones) is 1. The van der Waals surface area contributed by atoms with E-state index < -0.39 is 11.9 Å². The predicted molar refractivity (Wildman–Crippen MR) is 123 cm³/mol. The molecule has 0 radical (unpaired) electrons. The number of carbonyl (C=O) groups is 2. The first-order valence-corrected chi connectivity index (χ1v) is 11.1. The normalized spacial score (nSPS) is 19.5. The molecule has 33 heavy (non-hydrogen) atoms. The molecule has 2 N–H and O–H groups in total. The fourth-order valence-electron chi connectivity index (χ4n) is 4.12. The summed E-state index contributed by atoms with van der Waals surface area (Å²) in [4.78, 5) is 32.6. The lowest BCUT2D eigenvalue weighted by molar-refractivity contribution is -0.154. The SMILES string of the molecule is CC(=O)CC[C@H]1CN(c2ccc(N3CCON(Cc4cccc(N)c4)CC3)c(F)c2)C(=O)O1. The highest BCUT2D eigenvalue weighted by molar-refractivity contribution is 5.90. The Morgan fingerprint density at radius 1 is 1.18 bits per heavy atom. The number of nitrogens with two attached hydrogens (primary N) is 1. The van der Waals surface area contributed by atoms with Gasteiger partial charge in [-0.15, -0.1) is 0 Å². The summed E-state index contributed by atoms with van der Waals surface area (Å²) in [6.45, 7) is 4.59. The number of anilines is 3. The predicted octanol–water partition coefficient (Wildman–Crippen LogP) is 3.36. The first-order valence-electron chi connectivity index (χ1n) is 11.1. The average molecular weight is 457 g/mol. The van der Waals surface area contributed by atoms with Crippen LogP contribution in [-0.2, 0) is 20.9 Å². The van der Waals surface area contributed by atoms with Gasteiger partial charge in [0.15, 0.2) is 0 Å². The van der Waals surface area contributed by atoms with Gasteiger partial charge in [0, 0.05) is 38.3 Å². The number of nitrogens with zero attached hydrogens (tertiary/aromatic N) is 3. The highest BCUT2D eigenvalue weighted by atomic mass is 19.1. The second-order valence-corrected chi connectivity index (χ2v) is 8.42. The monoisotopic (exact) mass is 456 g/mol. The van der Waals surface area contributed by atoms with Crippen molar-refractivity contribution in [2.24, 2.45) is 0 Å². The Morgan fingerprint density at radius 3 is 2.79 bits per heavy atom. The topological polar surface area (TPSA) is 88.3 Å². The third-order valence-electron chi connectivity index (χ3n) is 5.84. The van der Waals surface area contributed by atoms with Crippen LogP contribution < -0.4 is 15.5 Å². The van der Waals surface area contributed by atoms with Crippen molar-refractivity contribution in [1.82, 2.24) is 5.06 Å². The van der Waals surface area contributed by atoms with Crippen molar-refractivity contribution in [1.29, 1.82) is 0 Å². The summed E-state index contributed by atoms with van der Waals surface area (Å²) in [5.41, 5.74) is 8.53. The molecule has 2 saturated heterocycles. The van der Waals surface area contributed by atoms with E-state index in [4.69, 9.17) is 15.3 Å². The van der Waals surface area contributed by atoms with Crippen LogP contribution in [0.4, 0.5) is 26.2 Å². The van der Waals surface area contributed by atoms with E-state index in [2.05, 4.69) is 0 Å². The summed E-state index contributed by atoms with van der Waals surface area (Å²) in [7, 11) is 0. The molecule has 0 unspecified atom stereocenters. The molecule has 0 spiro atoms. The van der Waals surface area contributed by atoms with Crippen LogP contribution in [0.25, 0.3) is 0 Å². The van der Waals surface area contributed by atoms with Gasteiger partial charge >= 0.3 is 6.09 Å². The number of nitrogen functional groups attached to an aromatic ring is 1. The van der Waals surface area contributed by atoms with Crippen molar-refractivity contribution in [2.75, 3.05) is 48.3 Å². The van der Waals surface area contributed by atoms with Gasteiger partial charge in [-0.05, 0) is 49.2 Å². The number of halogens is 1. The number of ether oxygens (including phenoxy) is 1. The van der Waals surface area contributed by atoms with Crippen molar-refractivity contribution in [3.63, 3.8) is 0 Å². The minimum atomic E-state index is -0.518. The molecule has 2 aliphatic heterocycles. The van der Waals surface area contributed by atoms with E-state index in [1.165, 1.54) is 17.9 Å². The fourth-order valence-corrected chi connectivity index (χ4v) is 4.12. The number of hydroxylamine groups is 2. The molecule has 0 bridgehead atoms. The number of rotatable bonds is 7. The first kappa shape index (κ1) is 23.0. The molecule has 1 amide bonds. The van der Waals surface area contributed by atoms with Crippen molar-refractivity contribution < 1.29 is 23.6 Å². The molecule has 9 heteroatoms. The first-order chi connectivity index (χ1) is 15.9. The van der Waals surface area contributed by atoms with Crippen LogP contribution in [0.2, 0.25) is 0 Å². The van der Waals surface area contributed by atoms with Crippen LogP contribution in [0.3, 0.4) is 0 Å². The number of ketones is 1. The molecule has 4 rings (SSSR count). The molecule has 176 valence electrons. The maximum absolute atomic E-state index is 15.1. The zero-order valence-electron chi connectivity index (χ0n) is 18.7. The van der Waals surface area contributed by atoms with Gasteiger partial charge in [-0.3, -0.25) is 9.74 Å². The molecule has 0 aromatic heterocycles. The van der Waals surface area contributed by atoms with Gasteiger partial charge < -0.3 is 20.2 Å². The van der Waals surface area contributed by atoms with Gasteiger partial charge in [-0.1, -0.05) is 12.1 Å². The Bertz CT molecular complexity index is 1020. The van der Waals surface area contributed by atoms with Crippen LogP contribution in [0, 0.1) is 5.82 Å². The lowest BCUT2D eigenvalue weighted by Crippen LogP contribution is -2.31. The molecular formula is C24H29FN4O4. The number of amides is 1. The summed E-state index contributed by atoms with van der Waals surface area (Å²) in [6.07, 6.45) is -0.0584. The molecule has 2 heterocycles. The van der Waals surface area contributed by atoms with E-state index in [0.717, 1.165) is 5.56 Å². The summed E-state index contributed by atoms with van der Waals surface area (Å²) in [5, 5.41) is 1.86. The van der Waals surface area contributed by atoms with Crippen LogP contribution in [0.15, 0.2) is 42.5 Å². The average Bonchev–Trinajstić information content (AvgIpc) is 2.99. The van der Waals surface area contributed by atoms with Gasteiger partial charge in [0.1, 0.15) is 17.7 Å². The molecule has 0 saturated carbocycles. The number of benzene rings is 2. The number of hydrogen-bond acceptors (Lipinski definition) is 7. The molecule has 2 fully saturated rings. The smallest absolute Gasteiger partial charge is 0.414 e. The zero-order chi connectivity index (χ0) is 23.4. The number of carbonyl (C=O) groups excluding carboxylic acids is 2. The lowest BCUT2D eigenvalue weighted by atomic mass is 10.1. The standard InChI is InChI=1S/C24H29FN4O4/c1-17(30)5-7-21-16-29(24(31)33-21)20-6-8-23(22(25)14-20)27-9-10-28(32-12-11-27)15-18-3-2-4-19(26)13-18/h2-4,6,8,13-14,21H,5,7,9-12,15-16,26H2,1H3/t21-/m0/s1. The molecule has 2 aliphatic rings. The van der Waals surface area contributed by atoms with Crippen molar-refractivity contribution in [2.45, 2.75) is 32.4 Å². The van der Waals surface area contributed by atoms with Crippen LogP contribution in [0.1, 0.15) is 25.3 Å². The summed E-state index contributed by atoms with van der Waals surface area (Å²) in [6, 6.07) is 12.4. The van der Waals surface area contributed by atoms with E-state index in [1.54, 1.807) is 12.1 Å². The van der Waals surface area contributed by atoms with Crippen LogP contribution >= 0.6 is 0 Å². The minimum absolute atomic E-state index is 0.0489. The van der Waals surface area contributed by atoms with Gasteiger partial charge in [0.25, 0.3) is 0 Å². The maximum Gasteiger partial charge on any atom is 0.414 e. The Labute approximate surface area is 192 Å². The van der Waals surface area contributed by atoms with E-state index in [1.807, 2.05) is 34.2 Å². The summed E-state index contributed by atoms with van der Waals surface area (Å²) in [5.74, 6) is -0.357. The molecule has 0 aliphatic carbocycles. The van der Waals surface area contributed by atoms with Crippen LogP contribution in [-0.4, -0.2) is 55.8 Å². The fraction of sp³-hybridized carbons (Fsp3) is 0.417. The third-order valence-corrected chi connectivity index (χ3v) is 5.84. The third kappa shape index (κ3) is 5.80. The summed E-state index contributed by atoms with van der Waals surface area (Å²) < 4.78 is 20.4. The lowest BCUT2D eigenvalue weighted by Gasteiger charge is -2.24. The minimum Gasteiger partial charge on any atom is -0.444 e. The highest BCUT2D eigenvalue weighted by Gasteiger charge is 2.33. The van der Waals surface area contributed by atoms with Gasteiger partial charge in [-0.2, -0.15) is 5.06 Å². The number of Topliss-reactive ketones (excluding diaryl/α,β-unsaturated/α-hetero) is 1. The molecule has 2 aromatic rings. The van der Waals surface area contributed by atoms with Gasteiger partial charge in [0.05, 0.1) is 24.5 Å². The Morgan fingerprint density at radius 2 is 2.03 bits per heavy atom. The van der Waals surface area contributed by atoms with E-state index in [-0.39, 0.29) is 11.9 Å². The summed E-state index contributed by atoms with van der Waals surface area (Å²) >= 11 is 0. The van der Waals surface area contributed by atoms with Crippen molar-refractivity contribution >= 4 is 28.9 Å². The maximum atomic E-state index is 15.1. The second-order valence-electron chi connectivity index (χ2n) is 8.42. The number of hydrogen-bond donors (Lipinski definition) is 1. The van der Waals surface area contributed by atoms with Crippen LogP contribution in [0.5, 0.6) is 0 Å². The Balaban J connectivity index is 1.38. The largest absolute Gasteiger partial charge is 0.444 e. The molecule has 8 nitrogen and oxygen atoms in total. The van der Waals surface area contributed by atoms with Gasteiger partial charge in [0.2, 0.25) is 0 Å². The van der Waals surface area contributed by atoms with Crippen molar-refractivity contribution in [3.05, 3.63) is 53.8 Å². The van der Waals surface area contributed by atoms with Gasteiger partial charge in [-0.25, -0.2) is 9.18 Å². The van der Waals surface area contributed by atoms with E-state index in [0.29, 0.717) is 69.2 Å². The molecular weight excluding hydrogens is 427 g/mol. The molecule has 1 atom stereocenters. The Hall–Kier alpha value is -3.17. The van der Waals surface area contributed by atoms with E-state index in [9.17, 15) is 9.59 Å². The molecule has 2 aromatic carbocycles. The zero-order valence-corrected chi connectivity index (χ0v) is 18.7. The highest BCUT2D eigenvalue weighted by Crippen LogP contribution is 2.29.